The molecule has 3 heterocycles. The van der Waals surface area contributed by atoms with Crippen LogP contribution in [0.1, 0.15) is 49.9 Å². The number of allylic oxidation sites excluding steroid dienone is 1. The van der Waals surface area contributed by atoms with Gasteiger partial charge in [0.05, 0.1) is 57.4 Å². The van der Waals surface area contributed by atoms with Gasteiger partial charge in [0, 0.05) is 6.07 Å². The Labute approximate surface area is 318 Å². The standard InChI is InChI=1S/C19H18N4O8.C17H17ClFNO4/c1-26-12-8-13(27-2)21-18(20-12)30-10-6-5-7-11(16(10)17(24)25)31-19-22-14(28-3)9-15(23-19)29-4;1-9(2)15-16(21)20(17(22)24-15)13-8-14(11(18)7-12(13)19)23-10-5-3-4-6-10/h5-9H,1-4H3,(H,24,25);7-8,10H,3-6H2,1-2H3. The molecule has 290 valence electrons. The van der Waals surface area contributed by atoms with E-state index in [9.17, 15) is 23.9 Å². The third-order valence-corrected chi connectivity index (χ3v) is 8.12. The van der Waals surface area contributed by atoms with Crippen LogP contribution in [0.4, 0.5) is 14.9 Å². The Balaban J connectivity index is 0.000000218. The van der Waals surface area contributed by atoms with Crippen LogP contribution in [0.15, 0.2) is 53.8 Å². The van der Waals surface area contributed by atoms with E-state index in [-0.39, 0.29) is 80.9 Å². The number of halogens is 2. The van der Waals surface area contributed by atoms with E-state index >= 15 is 0 Å². The van der Waals surface area contributed by atoms with Gasteiger partial charge < -0.3 is 43.0 Å². The molecule has 1 saturated carbocycles. The molecule has 2 fully saturated rings. The predicted octanol–water partition coefficient (Wildman–Crippen LogP) is 7.16. The first kappa shape index (κ1) is 39.8. The van der Waals surface area contributed by atoms with Crippen molar-refractivity contribution in [1.82, 2.24) is 19.9 Å². The maximum Gasteiger partial charge on any atom is 0.427 e. The van der Waals surface area contributed by atoms with Gasteiger partial charge in [0.2, 0.25) is 23.5 Å². The Bertz CT molecular complexity index is 2010. The fraction of sp³-hybridized carbons (Fsp3) is 0.306. The van der Waals surface area contributed by atoms with Crippen LogP contribution < -0.4 is 38.1 Å². The van der Waals surface area contributed by atoms with Crippen molar-refractivity contribution in [3.8, 4) is 52.8 Å². The van der Waals surface area contributed by atoms with Crippen molar-refractivity contribution >= 4 is 35.3 Å². The maximum absolute atomic E-state index is 14.3. The molecule has 0 radical (unpaired) electrons. The number of methoxy groups -OCH3 is 4. The molecule has 1 aliphatic heterocycles. The lowest BCUT2D eigenvalue weighted by Gasteiger charge is -2.18. The maximum atomic E-state index is 14.3. The lowest BCUT2D eigenvalue weighted by Crippen LogP contribution is -2.29. The number of hydrogen-bond donors (Lipinski definition) is 1. The first-order valence-electron chi connectivity index (χ1n) is 16.4. The van der Waals surface area contributed by atoms with E-state index in [1.54, 1.807) is 13.8 Å². The van der Waals surface area contributed by atoms with E-state index in [4.69, 9.17) is 49.5 Å². The summed E-state index contributed by atoms with van der Waals surface area (Å²) in [5.74, 6) is -2.15. The Hall–Kier alpha value is -6.43. The number of rotatable bonds is 12. The number of nitrogens with zero attached hydrogens (tertiary/aromatic N) is 5. The molecule has 1 aliphatic carbocycles. The first-order chi connectivity index (χ1) is 26.3. The molecule has 2 aliphatic rings. The minimum Gasteiger partial charge on any atom is -0.489 e. The highest BCUT2D eigenvalue weighted by Gasteiger charge is 2.40. The van der Waals surface area contributed by atoms with Crippen molar-refractivity contribution in [3.63, 3.8) is 0 Å². The Kier molecular flexibility index (Phi) is 12.7. The number of carboxylic acid groups (broad SMARTS) is 1. The number of anilines is 1. The first-order valence-corrected chi connectivity index (χ1v) is 16.8. The summed E-state index contributed by atoms with van der Waals surface area (Å²) in [5.41, 5.74) is 0.00423. The molecule has 19 heteroatoms. The second-order valence-electron chi connectivity index (χ2n) is 11.7. The summed E-state index contributed by atoms with van der Waals surface area (Å²) in [6.45, 7) is 3.27. The molecule has 2 amide bonds. The van der Waals surface area contributed by atoms with Crippen molar-refractivity contribution in [2.24, 2.45) is 0 Å². The molecule has 1 saturated heterocycles. The molecule has 0 bridgehead atoms. The van der Waals surface area contributed by atoms with Gasteiger partial charge in [0.1, 0.15) is 28.6 Å². The van der Waals surface area contributed by atoms with E-state index < -0.39 is 23.8 Å². The quantitative estimate of drug-likeness (QED) is 0.142. The molecule has 0 spiro atoms. The fourth-order valence-corrected chi connectivity index (χ4v) is 5.41. The second kappa shape index (κ2) is 17.6. The molecule has 0 atom stereocenters. The van der Waals surface area contributed by atoms with Crippen molar-refractivity contribution in [2.45, 2.75) is 45.6 Å². The summed E-state index contributed by atoms with van der Waals surface area (Å²) < 4.78 is 56.5. The lowest BCUT2D eigenvalue weighted by molar-refractivity contribution is -0.114. The number of hydrogen-bond acceptors (Lipinski definition) is 15. The number of carbonyl (C=O) groups is 3. The number of imide groups is 1. The molecular formula is C36H35ClFN5O12. The fourth-order valence-electron chi connectivity index (χ4n) is 5.22. The van der Waals surface area contributed by atoms with E-state index in [2.05, 4.69) is 19.9 Å². The summed E-state index contributed by atoms with van der Waals surface area (Å²) in [6.07, 6.45) is 3.00. The normalized spacial score (nSPS) is 13.7. The zero-order valence-corrected chi connectivity index (χ0v) is 31.1. The van der Waals surface area contributed by atoms with Gasteiger partial charge in [0.25, 0.3) is 0 Å². The van der Waals surface area contributed by atoms with Crippen molar-refractivity contribution < 1.29 is 61.8 Å². The van der Waals surface area contributed by atoms with E-state index in [1.807, 2.05) is 0 Å². The average Bonchev–Trinajstić information content (AvgIpc) is 3.79. The Morgan fingerprint density at radius 1 is 0.818 bits per heavy atom. The van der Waals surface area contributed by atoms with Gasteiger partial charge in [-0.1, -0.05) is 17.7 Å². The van der Waals surface area contributed by atoms with Crippen LogP contribution in [0, 0.1) is 5.82 Å². The SMILES string of the molecule is CC(C)=C1OC(=O)N(c2cc(OC3CCCC3)c(Cl)cc2F)C1=O.COc1cc(OC)nc(Oc2cccc(Oc3nc(OC)cc(OC)n3)c2C(=O)O)n1. The number of cyclic esters (lactones) is 1. The van der Waals surface area contributed by atoms with Gasteiger partial charge in [-0.15, -0.1) is 0 Å². The van der Waals surface area contributed by atoms with Crippen LogP contribution in [0.2, 0.25) is 5.02 Å². The van der Waals surface area contributed by atoms with Crippen LogP contribution in [0.3, 0.4) is 0 Å². The Morgan fingerprint density at radius 2 is 1.31 bits per heavy atom. The molecule has 2 aromatic carbocycles. The summed E-state index contributed by atoms with van der Waals surface area (Å²) in [7, 11) is 5.63. The van der Waals surface area contributed by atoms with E-state index in [0.29, 0.717) is 10.5 Å². The molecular weight excluding hydrogens is 749 g/mol. The van der Waals surface area contributed by atoms with Gasteiger partial charge in [-0.05, 0) is 63.3 Å². The minimum absolute atomic E-state index is 0.00962. The van der Waals surface area contributed by atoms with Crippen molar-refractivity contribution in [2.75, 3.05) is 33.3 Å². The van der Waals surface area contributed by atoms with E-state index in [0.717, 1.165) is 31.7 Å². The van der Waals surface area contributed by atoms with Crippen molar-refractivity contribution in [1.29, 1.82) is 0 Å². The molecule has 17 nitrogen and oxygen atoms in total. The van der Waals surface area contributed by atoms with Gasteiger partial charge in [-0.2, -0.15) is 19.9 Å². The number of ether oxygens (including phenoxy) is 8. The van der Waals surface area contributed by atoms with Crippen LogP contribution in [-0.2, 0) is 9.53 Å². The summed E-state index contributed by atoms with van der Waals surface area (Å²) >= 11 is 6.04. The topological polar surface area (TPSA) is 200 Å². The van der Waals surface area contributed by atoms with Crippen molar-refractivity contribution in [3.05, 3.63) is 70.2 Å². The number of carboxylic acids is 1. The molecule has 4 aromatic rings. The summed E-state index contributed by atoms with van der Waals surface area (Å²) in [4.78, 5) is 53.1. The van der Waals surface area contributed by atoms with Crippen LogP contribution in [0.25, 0.3) is 0 Å². The van der Waals surface area contributed by atoms with Crippen LogP contribution in [0.5, 0.6) is 52.8 Å². The zero-order chi connectivity index (χ0) is 39.8. The van der Waals surface area contributed by atoms with Crippen LogP contribution in [-0.4, -0.2) is 77.6 Å². The molecule has 6 rings (SSSR count). The van der Waals surface area contributed by atoms with Gasteiger partial charge >= 0.3 is 30.0 Å². The lowest BCUT2D eigenvalue weighted by atomic mass is 10.2. The highest BCUT2D eigenvalue weighted by Crippen LogP contribution is 2.38. The molecule has 2 aromatic heterocycles. The third kappa shape index (κ3) is 9.39. The highest BCUT2D eigenvalue weighted by atomic mass is 35.5. The number of aromatic carboxylic acids is 1. The van der Waals surface area contributed by atoms with Gasteiger partial charge in [-0.3, -0.25) is 4.79 Å². The van der Waals surface area contributed by atoms with Crippen LogP contribution >= 0.6 is 11.6 Å². The number of aromatic nitrogens is 4. The summed E-state index contributed by atoms with van der Waals surface area (Å²) in [6, 6.07) is 9.19. The second-order valence-corrected chi connectivity index (χ2v) is 12.1. The average molecular weight is 784 g/mol. The third-order valence-electron chi connectivity index (χ3n) is 7.82. The van der Waals surface area contributed by atoms with Gasteiger partial charge in [0.15, 0.2) is 5.76 Å². The largest absolute Gasteiger partial charge is 0.489 e. The highest BCUT2D eigenvalue weighted by molar-refractivity contribution is 6.32. The molecule has 0 unspecified atom stereocenters. The zero-order valence-electron chi connectivity index (χ0n) is 30.4. The van der Waals surface area contributed by atoms with E-state index in [1.165, 1.54) is 64.8 Å². The summed E-state index contributed by atoms with van der Waals surface area (Å²) in [5, 5.41) is 9.87. The monoisotopic (exact) mass is 783 g/mol. The number of benzene rings is 2. The Morgan fingerprint density at radius 3 is 1.73 bits per heavy atom. The number of amides is 2. The smallest absolute Gasteiger partial charge is 0.427 e. The van der Waals surface area contributed by atoms with Gasteiger partial charge in [-0.25, -0.2) is 18.9 Å². The number of carbonyl (C=O) groups excluding carboxylic acids is 2. The predicted molar refractivity (Wildman–Crippen MR) is 190 cm³/mol. The molecule has 1 N–H and O–H groups in total. The molecule has 55 heavy (non-hydrogen) atoms. The minimum atomic E-state index is -1.32.